The van der Waals surface area contributed by atoms with Crippen molar-refractivity contribution in [2.75, 3.05) is 19.8 Å². The smallest absolute Gasteiger partial charge is 0.336 e. The first-order valence-electron chi connectivity index (χ1n) is 18.2. The van der Waals surface area contributed by atoms with E-state index < -0.39 is 42.3 Å². The van der Waals surface area contributed by atoms with E-state index in [9.17, 15) is 9.59 Å². The lowest BCUT2D eigenvalue weighted by Gasteiger charge is -2.35. The van der Waals surface area contributed by atoms with Gasteiger partial charge >= 0.3 is 11.9 Å². The molecule has 6 rings (SSSR count). The Morgan fingerprint density at radius 2 is 1.09 bits per heavy atom. The van der Waals surface area contributed by atoms with Crippen LogP contribution in [0.25, 0.3) is 0 Å². The van der Waals surface area contributed by atoms with Crippen LogP contribution in [-0.4, -0.2) is 56.2 Å². The summed E-state index contributed by atoms with van der Waals surface area (Å²) in [6.45, 7) is 6.77. The van der Waals surface area contributed by atoms with Crippen LogP contribution in [0.4, 0.5) is 0 Å². The summed E-state index contributed by atoms with van der Waals surface area (Å²) in [5.41, 5.74) is 5.27. The maximum absolute atomic E-state index is 14.2. The summed E-state index contributed by atoms with van der Waals surface area (Å²) >= 11 is 0. The normalized spacial score (nSPS) is 21.3. The zero-order chi connectivity index (χ0) is 37.0. The van der Waals surface area contributed by atoms with Crippen LogP contribution in [0.1, 0.15) is 48.9 Å². The second kappa shape index (κ2) is 18.6. The molecule has 2 aliphatic rings. The van der Waals surface area contributed by atoms with Crippen molar-refractivity contribution in [1.29, 1.82) is 0 Å². The van der Waals surface area contributed by atoms with Crippen LogP contribution in [0, 0.1) is 0 Å². The number of hydrogen-bond acceptors (Lipinski definition) is 9. The molecule has 5 atom stereocenters. The molecule has 0 bridgehead atoms. The Balaban J connectivity index is 1.44. The number of carbonyl (C=O) groups is 2. The zero-order valence-corrected chi connectivity index (χ0v) is 30.4. The van der Waals surface area contributed by atoms with Gasteiger partial charge in [0.05, 0.1) is 62.4 Å². The Labute approximate surface area is 311 Å². The van der Waals surface area contributed by atoms with Gasteiger partial charge in [-0.05, 0) is 43.0 Å². The Kier molecular flexibility index (Phi) is 13.2. The molecule has 0 radical (unpaired) electrons. The molecule has 0 aliphatic carbocycles. The Bertz CT molecular complexity index is 1850. The number of nitrogens with one attached hydrogen (secondary N) is 1. The van der Waals surface area contributed by atoms with Crippen molar-refractivity contribution in [2.45, 2.75) is 70.9 Å². The molecular formula is C44H47NO8. The van der Waals surface area contributed by atoms with Gasteiger partial charge in [0.1, 0.15) is 24.4 Å². The molecule has 1 N–H and O–H groups in total. The number of rotatable bonds is 16. The predicted molar refractivity (Wildman–Crippen MR) is 200 cm³/mol. The fourth-order valence-corrected chi connectivity index (χ4v) is 6.85. The average molecular weight is 718 g/mol. The SMILES string of the molecule is CCOC(=O)C1=C(C)NC([C@@H]2O[C@H](COCc3ccccc3)[C@@H](OCc3ccccc3)[C@H]2OCc2ccccc2)=C(C(=O)OCC)[C@H]1c1ccccc1. The lowest BCUT2D eigenvalue weighted by molar-refractivity contribution is -0.139. The topological polar surface area (TPSA) is 102 Å². The van der Waals surface area contributed by atoms with Crippen molar-refractivity contribution in [3.05, 3.63) is 166 Å². The lowest BCUT2D eigenvalue weighted by atomic mass is 9.79. The summed E-state index contributed by atoms with van der Waals surface area (Å²) in [6.07, 6.45) is -2.74. The molecule has 1 fully saturated rings. The van der Waals surface area contributed by atoms with E-state index in [1.165, 1.54) is 0 Å². The third-order valence-electron chi connectivity index (χ3n) is 9.28. The highest BCUT2D eigenvalue weighted by atomic mass is 16.6. The van der Waals surface area contributed by atoms with E-state index in [4.69, 9.17) is 28.4 Å². The third-order valence-corrected chi connectivity index (χ3v) is 9.28. The average Bonchev–Trinajstić information content (AvgIpc) is 3.54. The summed E-state index contributed by atoms with van der Waals surface area (Å²) in [5, 5.41) is 3.42. The molecule has 4 aromatic rings. The first kappa shape index (κ1) is 37.7. The van der Waals surface area contributed by atoms with E-state index in [2.05, 4.69) is 5.32 Å². The van der Waals surface area contributed by atoms with E-state index >= 15 is 0 Å². The van der Waals surface area contributed by atoms with Gasteiger partial charge in [-0.1, -0.05) is 121 Å². The molecule has 1 saturated heterocycles. The van der Waals surface area contributed by atoms with Crippen LogP contribution < -0.4 is 5.32 Å². The van der Waals surface area contributed by atoms with Crippen LogP contribution >= 0.6 is 0 Å². The third kappa shape index (κ3) is 9.30. The highest BCUT2D eigenvalue weighted by molar-refractivity contribution is 6.00. The van der Waals surface area contributed by atoms with E-state index in [1.807, 2.05) is 128 Å². The molecule has 9 nitrogen and oxygen atoms in total. The first-order valence-corrected chi connectivity index (χ1v) is 18.2. The van der Waals surface area contributed by atoms with Gasteiger partial charge < -0.3 is 33.7 Å². The Morgan fingerprint density at radius 3 is 1.62 bits per heavy atom. The number of allylic oxidation sites excluding steroid dienone is 1. The van der Waals surface area contributed by atoms with E-state index in [1.54, 1.807) is 13.8 Å². The molecule has 0 unspecified atom stereocenters. The fourth-order valence-electron chi connectivity index (χ4n) is 6.85. The van der Waals surface area contributed by atoms with Crippen LogP contribution in [0.15, 0.2) is 144 Å². The molecule has 0 spiro atoms. The molecule has 0 aromatic heterocycles. The quantitative estimate of drug-likeness (QED) is 0.121. The standard InChI is InChI=1S/C44H47NO8/c1-4-49-43(46)36-30(3)45-39(38(44(47)50-5-2)37(36)34-24-16-9-17-25-34)41-42(52-28-33-22-14-8-15-23-33)40(51-27-32-20-12-7-13-21-32)35(53-41)29-48-26-31-18-10-6-11-19-31/h6-25,35,37,40-42,45H,4-5,26-29H2,1-3H3/t35-,37+,40-,41+,42-/m1/s1. The predicted octanol–water partition coefficient (Wildman–Crippen LogP) is 7.18. The van der Waals surface area contributed by atoms with Crippen molar-refractivity contribution in [1.82, 2.24) is 5.32 Å². The van der Waals surface area contributed by atoms with Gasteiger partial charge in [-0.25, -0.2) is 9.59 Å². The Hall–Kier alpha value is -5.06. The van der Waals surface area contributed by atoms with Gasteiger partial charge in [0.2, 0.25) is 0 Å². The van der Waals surface area contributed by atoms with Crippen LogP contribution in [0.2, 0.25) is 0 Å². The van der Waals surface area contributed by atoms with Gasteiger partial charge in [-0.15, -0.1) is 0 Å². The van der Waals surface area contributed by atoms with Crippen molar-refractivity contribution in [2.24, 2.45) is 0 Å². The molecule has 4 aromatic carbocycles. The summed E-state index contributed by atoms with van der Waals surface area (Å²) in [4.78, 5) is 27.9. The summed E-state index contributed by atoms with van der Waals surface area (Å²) in [7, 11) is 0. The summed E-state index contributed by atoms with van der Waals surface area (Å²) in [6, 6.07) is 39.2. The van der Waals surface area contributed by atoms with Crippen LogP contribution in [0.5, 0.6) is 0 Å². The minimum absolute atomic E-state index is 0.132. The molecule has 276 valence electrons. The molecule has 53 heavy (non-hydrogen) atoms. The number of dihydropyridines is 1. The second-order valence-corrected chi connectivity index (χ2v) is 12.9. The molecule has 2 aliphatic heterocycles. The highest BCUT2D eigenvalue weighted by Gasteiger charge is 2.51. The lowest BCUT2D eigenvalue weighted by Crippen LogP contribution is -2.44. The number of carbonyl (C=O) groups excluding carboxylic acids is 2. The summed E-state index contributed by atoms with van der Waals surface area (Å²) in [5.74, 6) is -1.90. The van der Waals surface area contributed by atoms with Crippen molar-refractivity contribution < 1.29 is 38.0 Å². The number of hydrogen-bond donors (Lipinski definition) is 1. The maximum atomic E-state index is 14.2. The largest absolute Gasteiger partial charge is 0.463 e. The number of ether oxygens (including phenoxy) is 6. The fraction of sp³-hybridized carbons (Fsp3) is 0.318. The van der Waals surface area contributed by atoms with Crippen LogP contribution in [-0.2, 0) is 57.8 Å². The minimum Gasteiger partial charge on any atom is -0.463 e. The monoisotopic (exact) mass is 717 g/mol. The van der Waals surface area contributed by atoms with Gasteiger partial charge in [-0.3, -0.25) is 0 Å². The molecular weight excluding hydrogens is 670 g/mol. The molecule has 9 heteroatoms. The van der Waals surface area contributed by atoms with Crippen LogP contribution in [0.3, 0.4) is 0 Å². The number of benzene rings is 4. The van der Waals surface area contributed by atoms with Crippen molar-refractivity contribution in [3.8, 4) is 0 Å². The summed E-state index contributed by atoms with van der Waals surface area (Å²) < 4.78 is 38.0. The maximum Gasteiger partial charge on any atom is 0.336 e. The van der Waals surface area contributed by atoms with E-state index in [0.29, 0.717) is 30.2 Å². The molecule has 0 saturated carbocycles. The minimum atomic E-state index is -0.839. The van der Waals surface area contributed by atoms with Gasteiger partial charge in [-0.2, -0.15) is 0 Å². The number of esters is 2. The molecule has 0 amide bonds. The Morgan fingerprint density at radius 1 is 0.623 bits per heavy atom. The zero-order valence-electron chi connectivity index (χ0n) is 30.4. The molecule has 2 heterocycles. The highest BCUT2D eigenvalue weighted by Crippen LogP contribution is 2.43. The van der Waals surface area contributed by atoms with E-state index in [0.717, 1.165) is 22.3 Å². The van der Waals surface area contributed by atoms with Gasteiger partial charge in [0, 0.05) is 5.70 Å². The van der Waals surface area contributed by atoms with Gasteiger partial charge in [0.15, 0.2) is 0 Å². The van der Waals surface area contributed by atoms with Crippen molar-refractivity contribution in [3.63, 3.8) is 0 Å². The van der Waals surface area contributed by atoms with E-state index in [-0.39, 0.29) is 32.0 Å². The first-order chi connectivity index (χ1) is 26.0. The van der Waals surface area contributed by atoms with Crippen molar-refractivity contribution >= 4 is 11.9 Å². The second-order valence-electron chi connectivity index (χ2n) is 12.9. The van der Waals surface area contributed by atoms with Gasteiger partial charge in [0.25, 0.3) is 0 Å².